The molecule has 0 fully saturated rings. The zero-order valence-corrected chi connectivity index (χ0v) is 16.5. The Morgan fingerprint density at radius 3 is 2.70 bits per heavy atom. The molecule has 0 aliphatic carbocycles. The van der Waals surface area contributed by atoms with E-state index in [4.69, 9.17) is 4.74 Å². The van der Waals surface area contributed by atoms with E-state index in [1.165, 1.54) is 35.8 Å². The largest absolute Gasteiger partial charge is 0.494 e. The van der Waals surface area contributed by atoms with Gasteiger partial charge in [0, 0.05) is 24.5 Å². The summed E-state index contributed by atoms with van der Waals surface area (Å²) >= 11 is 1.38. The summed E-state index contributed by atoms with van der Waals surface area (Å²) in [4.78, 5) is 34.0. The van der Waals surface area contributed by atoms with Gasteiger partial charge in [-0.1, -0.05) is 17.8 Å². The minimum absolute atomic E-state index is 0.0556. The zero-order chi connectivity index (χ0) is 19.7. The van der Waals surface area contributed by atoms with E-state index in [0.717, 1.165) is 0 Å². The van der Waals surface area contributed by atoms with Gasteiger partial charge in [0.15, 0.2) is 16.6 Å². The maximum Gasteiger partial charge on any atom is 0.278 e. The molecule has 0 aromatic carbocycles. The molecule has 142 valence electrons. The van der Waals surface area contributed by atoms with Gasteiger partial charge in [-0.2, -0.15) is 0 Å². The van der Waals surface area contributed by atoms with Gasteiger partial charge in [0.05, 0.1) is 13.7 Å². The van der Waals surface area contributed by atoms with Crippen LogP contribution in [0.15, 0.2) is 45.9 Å². The quantitative estimate of drug-likeness (QED) is 0.366. The third-order valence-electron chi connectivity index (χ3n) is 4.17. The number of hydrogen-bond donors (Lipinski definition) is 0. The second kappa shape index (κ2) is 7.43. The van der Waals surface area contributed by atoms with E-state index in [0.29, 0.717) is 27.6 Å². The Morgan fingerprint density at radius 1 is 1.37 bits per heavy atom. The lowest BCUT2D eigenvalue weighted by molar-refractivity contribution is 0.404. The normalized spacial score (nSPS) is 11.3. The molecule has 0 unspecified atom stereocenters. The molecule has 0 aliphatic heterocycles. The minimum Gasteiger partial charge on any atom is -0.494 e. The lowest BCUT2D eigenvalue weighted by atomic mass is 10.3. The molecular weight excluding hydrogens is 366 g/mol. The lowest BCUT2D eigenvalue weighted by Gasteiger charge is -2.18. The Bertz CT molecular complexity index is 1130. The maximum absolute atomic E-state index is 12.9. The molecule has 3 rings (SSSR count). The summed E-state index contributed by atoms with van der Waals surface area (Å²) in [5, 5.41) is 0.933. The third-order valence-corrected chi connectivity index (χ3v) is 4.73. The first-order valence-electron chi connectivity index (χ1n) is 8.36. The van der Waals surface area contributed by atoms with Gasteiger partial charge in [0.2, 0.25) is 0 Å². The second-order valence-corrected chi connectivity index (χ2v) is 6.92. The van der Waals surface area contributed by atoms with Crippen molar-refractivity contribution >= 4 is 22.8 Å². The van der Waals surface area contributed by atoms with Crippen molar-refractivity contribution in [2.24, 2.45) is 0 Å². The fourth-order valence-electron chi connectivity index (χ4n) is 2.89. The molecule has 8 nitrogen and oxygen atoms in total. The number of fused-ring (bicyclic) bond motifs is 1. The standard InChI is InChI=1S/C18H21N5O3S/c1-6-7-22-17(25)12-9-19-18(27-5)20-16(12)23(22)13-10-21(11(2)3)15(24)8-14(13)26-4/h6,8-11H,1,7H2,2-5H3. The van der Waals surface area contributed by atoms with E-state index in [1.54, 1.807) is 21.5 Å². The SMILES string of the molecule is C=CCn1c(=O)c2cnc(SC)nc2n1-c1cn(C(C)C)c(=O)cc1OC. The van der Waals surface area contributed by atoms with Gasteiger partial charge in [-0.05, 0) is 20.1 Å². The van der Waals surface area contributed by atoms with Crippen LogP contribution in [-0.2, 0) is 6.54 Å². The predicted octanol–water partition coefficient (Wildman–Crippen LogP) is 2.24. The van der Waals surface area contributed by atoms with Crippen LogP contribution in [0.5, 0.6) is 5.75 Å². The highest BCUT2D eigenvalue weighted by atomic mass is 32.2. The number of ether oxygens (including phenoxy) is 1. The van der Waals surface area contributed by atoms with Crippen molar-refractivity contribution in [2.75, 3.05) is 13.4 Å². The third kappa shape index (κ3) is 3.18. The summed E-state index contributed by atoms with van der Waals surface area (Å²) < 4.78 is 10.2. The molecule has 0 radical (unpaired) electrons. The second-order valence-electron chi connectivity index (χ2n) is 6.15. The molecule has 0 bridgehead atoms. The number of pyridine rings is 1. The van der Waals surface area contributed by atoms with E-state index in [2.05, 4.69) is 16.5 Å². The monoisotopic (exact) mass is 387 g/mol. The molecule has 3 aromatic heterocycles. The molecule has 0 spiro atoms. The maximum atomic E-state index is 12.9. The van der Waals surface area contributed by atoms with Crippen molar-refractivity contribution in [3.8, 4) is 11.4 Å². The Balaban J connectivity index is 2.48. The molecule has 9 heteroatoms. The van der Waals surface area contributed by atoms with Crippen molar-refractivity contribution < 1.29 is 4.74 Å². The number of aromatic nitrogens is 5. The topological polar surface area (TPSA) is 83.9 Å². The number of nitrogens with zero attached hydrogens (tertiary/aromatic N) is 5. The van der Waals surface area contributed by atoms with E-state index >= 15 is 0 Å². The molecule has 0 amide bonds. The van der Waals surface area contributed by atoms with Crippen LogP contribution in [0.1, 0.15) is 19.9 Å². The van der Waals surface area contributed by atoms with Crippen LogP contribution in [-0.4, -0.2) is 37.3 Å². The van der Waals surface area contributed by atoms with Crippen LogP contribution in [0.4, 0.5) is 0 Å². The summed E-state index contributed by atoms with van der Waals surface area (Å²) in [6.07, 6.45) is 6.71. The van der Waals surface area contributed by atoms with Gasteiger partial charge in [-0.3, -0.25) is 9.59 Å². The van der Waals surface area contributed by atoms with Crippen molar-refractivity contribution in [1.29, 1.82) is 0 Å². The van der Waals surface area contributed by atoms with E-state index in [1.807, 2.05) is 20.1 Å². The number of allylic oxidation sites excluding steroid dienone is 1. The molecule has 0 saturated heterocycles. The molecule has 3 aromatic rings. The Hall–Kier alpha value is -2.81. The number of methoxy groups -OCH3 is 1. The molecular formula is C18H21N5O3S. The average Bonchev–Trinajstić information content (AvgIpc) is 2.93. The summed E-state index contributed by atoms with van der Waals surface area (Å²) in [5.41, 5.74) is 0.583. The first kappa shape index (κ1) is 19.0. The predicted molar refractivity (Wildman–Crippen MR) is 106 cm³/mol. The highest BCUT2D eigenvalue weighted by Gasteiger charge is 2.21. The number of rotatable bonds is 6. The van der Waals surface area contributed by atoms with Crippen LogP contribution in [0.25, 0.3) is 16.7 Å². The van der Waals surface area contributed by atoms with Crippen molar-refractivity contribution in [2.45, 2.75) is 31.6 Å². The van der Waals surface area contributed by atoms with Gasteiger partial charge < -0.3 is 9.30 Å². The fourth-order valence-corrected chi connectivity index (χ4v) is 3.22. The van der Waals surface area contributed by atoms with Gasteiger partial charge in [0.25, 0.3) is 11.1 Å². The first-order chi connectivity index (χ1) is 12.9. The highest BCUT2D eigenvalue weighted by Crippen LogP contribution is 2.25. The van der Waals surface area contributed by atoms with E-state index in [9.17, 15) is 9.59 Å². The zero-order valence-electron chi connectivity index (χ0n) is 15.7. The molecule has 0 atom stereocenters. The summed E-state index contributed by atoms with van der Waals surface area (Å²) in [6, 6.07) is 1.36. The van der Waals surface area contributed by atoms with Crippen molar-refractivity contribution in [3.05, 3.63) is 51.8 Å². The molecule has 0 N–H and O–H groups in total. The molecule has 0 saturated carbocycles. The number of hydrogen-bond acceptors (Lipinski definition) is 6. The van der Waals surface area contributed by atoms with Crippen molar-refractivity contribution in [1.82, 2.24) is 23.9 Å². The molecule has 0 aliphatic rings. The average molecular weight is 387 g/mol. The van der Waals surface area contributed by atoms with Gasteiger partial charge in [0.1, 0.15) is 11.1 Å². The summed E-state index contributed by atoms with van der Waals surface area (Å²) in [7, 11) is 1.49. The molecule has 3 heterocycles. The lowest BCUT2D eigenvalue weighted by Crippen LogP contribution is -2.26. The minimum atomic E-state index is -0.234. The Kier molecular flexibility index (Phi) is 5.22. The van der Waals surface area contributed by atoms with Crippen molar-refractivity contribution in [3.63, 3.8) is 0 Å². The summed E-state index contributed by atoms with van der Waals surface area (Å²) in [6.45, 7) is 7.84. The van der Waals surface area contributed by atoms with Crippen LogP contribution >= 0.6 is 11.8 Å². The summed E-state index contributed by atoms with van der Waals surface area (Å²) in [5.74, 6) is 0.357. The van der Waals surface area contributed by atoms with Crippen LogP contribution in [0, 0.1) is 0 Å². The van der Waals surface area contributed by atoms with E-state index in [-0.39, 0.29) is 23.7 Å². The number of thioether (sulfide) groups is 1. The van der Waals surface area contributed by atoms with E-state index < -0.39 is 0 Å². The smallest absolute Gasteiger partial charge is 0.278 e. The van der Waals surface area contributed by atoms with Crippen LogP contribution in [0.2, 0.25) is 0 Å². The first-order valence-corrected chi connectivity index (χ1v) is 9.59. The molecule has 27 heavy (non-hydrogen) atoms. The van der Waals surface area contributed by atoms with Gasteiger partial charge in [-0.25, -0.2) is 19.3 Å². The van der Waals surface area contributed by atoms with Gasteiger partial charge >= 0.3 is 0 Å². The van der Waals surface area contributed by atoms with Crippen LogP contribution < -0.4 is 15.9 Å². The van der Waals surface area contributed by atoms with Crippen LogP contribution in [0.3, 0.4) is 0 Å². The highest BCUT2D eigenvalue weighted by molar-refractivity contribution is 7.98. The Morgan fingerprint density at radius 2 is 2.11 bits per heavy atom. The van der Waals surface area contributed by atoms with Gasteiger partial charge in [-0.15, -0.1) is 6.58 Å². The Labute approximate surface area is 160 Å². The fraction of sp³-hybridized carbons (Fsp3) is 0.333.